The van der Waals surface area contributed by atoms with E-state index in [1.165, 1.54) is 6.42 Å². The summed E-state index contributed by atoms with van der Waals surface area (Å²) in [4.78, 5) is 34.4. The van der Waals surface area contributed by atoms with Gasteiger partial charge in [0.05, 0.1) is 25.1 Å². The first-order valence-electron chi connectivity index (χ1n) is 19.8. The molecule has 1 fully saturated rings. The number of methoxy groups -OCH3 is 1. The van der Waals surface area contributed by atoms with Crippen molar-refractivity contribution in [1.82, 2.24) is 14.6 Å². The fraction of sp³-hybridized carbons (Fsp3) is 0.535. The van der Waals surface area contributed by atoms with Gasteiger partial charge in [0.1, 0.15) is 23.2 Å². The van der Waals surface area contributed by atoms with Gasteiger partial charge in [-0.1, -0.05) is 86.6 Å². The molecule has 0 radical (unpaired) electrons. The van der Waals surface area contributed by atoms with Crippen molar-refractivity contribution in [3.8, 4) is 22.9 Å². The molecule has 2 aromatic heterocycles. The molecule has 0 bridgehead atoms. The standard InChI is InChI=1S/C43H57N5O6.O2S/c1-10-11-12-13-14-15-16-36(41(49)50)53-35-20-18-30(43(5,6)7)24-32(35)45-31-23-29(17-19-34(31)52-9)39-46-40-37(33(44-8)25-48(40)47-39)42(51)54-38-27(3)21-26(2)22-28(38)4;1-3-2/h17-20,23-28,36,38,45H,10-16,21-22H2,1-7,9H3,(H,46,47)(H,49,50);. The highest BCUT2D eigenvalue weighted by molar-refractivity contribution is 7.51. The third-order valence-corrected chi connectivity index (χ3v) is 10.6. The Morgan fingerprint density at radius 2 is 1.65 bits per heavy atom. The molecule has 308 valence electrons. The minimum atomic E-state index is -0.995. The van der Waals surface area contributed by atoms with Crippen molar-refractivity contribution in [2.45, 2.75) is 124 Å². The number of benzene rings is 2. The van der Waals surface area contributed by atoms with Crippen LogP contribution in [0.1, 0.15) is 122 Å². The van der Waals surface area contributed by atoms with E-state index in [9.17, 15) is 14.7 Å². The van der Waals surface area contributed by atoms with Gasteiger partial charge in [-0.05, 0) is 84.7 Å². The van der Waals surface area contributed by atoms with Gasteiger partial charge < -0.3 is 24.6 Å². The number of aliphatic carboxylic acids is 1. The summed E-state index contributed by atoms with van der Waals surface area (Å²) in [5.74, 6) is 0.909. The number of carboxylic acids is 1. The second-order valence-electron chi connectivity index (χ2n) is 16.2. The molecular weight excluding hydrogens is 747 g/mol. The normalized spacial score (nSPS) is 18.4. The van der Waals surface area contributed by atoms with Crippen molar-refractivity contribution < 1.29 is 37.3 Å². The molecule has 0 saturated heterocycles. The maximum atomic E-state index is 13.7. The maximum Gasteiger partial charge on any atom is 0.344 e. The summed E-state index contributed by atoms with van der Waals surface area (Å²) in [6.07, 6.45) is 9.04. The number of nitrogens with zero attached hydrogens (tertiary/aromatic N) is 3. The number of nitrogens with one attached hydrogen (secondary N) is 2. The molecule has 3 atom stereocenters. The average Bonchev–Trinajstić information content (AvgIpc) is 3.72. The number of hydrogen-bond donors (Lipinski definition) is 3. The van der Waals surface area contributed by atoms with E-state index in [2.05, 4.69) is 63.7 Å². The molecule has 13 nitrogen and oxygen atoms in total. The predicted molar refractivity (Wildman–Crippen MR) is 221 cm³/mol. The van der Waals surface area contributed by atoms with Crippen LogP contribution in [0.25, 0.3) is 21.9 Å². The van der Waals surface area contributed by atoms with Crippen LogP contribution in [0, 0.1) is 24.3 Å². The Kier molecular flexibility index (Phi) is 15.9. The second kappa shape index (κ2) is 20.3. The number of aromatic nitrogens is 3. The van der Waals surface area contributed by atoms with Crippen molar-refractivity contribution in [3.63, 3.8) is 0 Å². The van der Waals surface area contributed by atoms with Crippen molar-refractivity contribution in [2.24, 2.45) is 17.8 Å². The Labute approximate surface area is 339 Å². The third kappa shape index (κ3) is 11.5. The molecule has 2 heterocycles. The number of unbranched alkanes of at least 4 members (excludes halogenated alkanes) is 5. The molecule has 1 aliphatic rings. The maximum absolute atomic E-state index is 13.7. The van der Waals surface area contributed by atoms with Gasteiger partial charge in [-0.25, -0.2) is 19.4 Å². The first kappa shape index (κ1) is 44.6. The van der Waals surface area contributed by atoms with Crippen LogP contribution in [-0.4, -0.2) is 59.4 Å². The number of hydrogen-bond acceptors (Lipinski definition) is 9. The summed E-state index contributed by atoms with van der Waals surface area (Å²) >= 11 is -0.750. The summed E-state index contributed by atoms with van der Waals surface area (Å²) in [6, 6.07) is 11.3. The number of carbonyl (C=O) groups excluding carboxylic acids is 1. The monoisotopic (exact) mass is 803 g/mol. The van der Waals surface area contributed by atoms with Crippen molar-refractivity contribution >= 4 is 46.2 Å². The fourth-order valence-electron chi connectivity index (χ4n) is 7.73. The largest absolute Gasteiger partial charge is 0.495 e. The number of carboxylic acid groups (broad SMARTS) is 1. The van der Waals surface area contributed by atoms with Gasteiger partial charge in [-0.3, -0.25) is 9.61 Å². The SMILES string of the molecule is O=S=O.[C-]#[N+]c1cn2[nH]c(-c3ccc(OC)c(Nc4cc(C(C)(C)C)ccc4OC(CCCCCCCC)C(=O)O)c3)nc2c1C(=O)OC1C(C)CC(C)CC1C. The van der Waals surface area contributed by atoms with Crippen LogP contribution in [0.2, 0.25) is 0 Å². The average molecular weight is 804 g/mol. The molecule has 57 heavy (non-hydrogen) atoms. The van der Waals surface area contributed by atoms with E-state index in [-0.39, 0.29) is 34.6 Å². The molecule has 1 aliphatic carbocycles. The lowest BCUT2D eigenvalue weighted by atomic mass is 9.75. The first-order chi connectivity index (χ1) is 27.1. The molecule has 1 saturated carbocycles. The molecule has 5 rings (SSSR count). The Bertz CT molecular complexity index is 2060. The number of aromatic amines is 1. The van der Waals surface area contributed by atoms with Crippen LogP contribution in [0.3, 0.4) is 0 Å². The van der Waals surface area contributed by atoms with Crippen molar-refractivity contribution in [2.75, 3.05) is 12.4 Å². The zero-order chi connectivity index (χ0) is 41.9. The highest BCUT2D eigenvalue weighted by atomic mass is 32.1. The van der Waals surface area contributed by atoms with Gasteiger partial charge in [0.15, 0.2) is 17.6 Å². The summed E-state index contributed by atoms with van der Waals surface area (Å²) in [5, 5.41) is 16.8. The van der Waals surface area contributed by atoms with E-state index in [0.29, 0.717) is 52.2 Å². The van der Waals surface area contributed by atoms with Gasteiger partial charge >= 0.3 is 23.5 Å². The molecule has 0 amide bonds. The molecule has 4 aromatic rings. The lowest BCUT2D eigenvalue weighted by Gasteiger charge is -2.37. The lowest BCUT2D eigenvalue weighted by Crippen LogP contribution is -2.37. The van der Waals surface area contributed by atoms with Crippen LogP contribution >= 0.6 is 0 Å². The second-order valence-corrected chi connectivity index (χ2v) is 16.4. The molecule has 14 heteroatoms. The van der Waals surface area contributed by atoms with Gasteiger partial charge in [0.2, 0.25) is 5.69 Å². The van der Waals surface area contributed by atoms with Crippen LogP contribution < -0.4 is 14.8 Å². The number of H-pyrrole nitrogens is 1. The highest BCUT2D eigenvalue weighted by Crippen LogP contribution is 2.40. The number of anilines is 2. The van der Waals surface area contributed by atoms with E-state index >= 15 is 0 Å². The van der Waals surface area contributed by atoms with Crippen molar-refractivity contribution in [1.29, 1.82) is 0 Å². The van der Waals surface area contributed by atoms with Crippen molar-refractivity contribution in [3.05, 3.63) is 65.1 Å². The minimum Gasteiger partial charge on any atom is -0.495 e. The van der Waals surface area contributed by atoms with Gasteiger partial charge in [-0.15, -0.1) is 0 Å². The zero-order valence-corrected chi connectivity index (χ0v) is 35.2. The Morgan fingerprint density at radius 3 is 2.26 bits per heavy atom. The number of esters is 1. The number of carbonyl (C=O) groups is 2. The number of rotatable bonds is 16. The van der Waals surface area contributed by atoms with Crippen LogP contribution in [0.15, 0.2) is 42.6 Å². The highest BCUT2D eigenvalue weighted by Gasteiger charge is 2.36. The Balaban J connectivity index is 0.00000232. The Morgan fingerprint density at radius 1 is 1.02 bits per heavy atom. The minimum absolute atomic E-state index is 0.145. The number of fused-ring (bicyclic) bond motifs is 1. The van der Waals surface area contributed by atoms with E-state index in [0.717, 1.165) is 50.5 Å². The van der Waals surface area contributed by atoms with E-state index in [1.54, 1.807) is 17.8 Å². The Hall–Kier alpha value is -5.16. The van der Waals surface area contributed by atoms with Crippen LogP contribution in [0.5, 0.6) is 11.5 Å². The predicted octanol–water partition coefficient (Wildman–Crippen LogP) is 10.1. The van der Waals surface area contributed by atoms with Gasteiger partial charge in [0, 0.05) is 11.8 Å². The molecule has 0 aliphatic heterocycles. The topological polar surface area (TPSA) is 166 Å². The lowest BCUT2D eigenvalue weighted by molar-refractivity contribution is -0.145. The molecular formula is C43H57N5O8S. The summed E-state index contributed by atoms with van der Waals surface area (Å²) in [6.45, 7) is 22.8. The number of ether oxygens (including phenoxy) is 3. The van der Waals surface area contributed by atoms with Gasteiger partial charge in [-0.2, -0.15) is 8.42 Å². The van der Waals surface area contributed by atoms with E-state index in [4.69, 9.17) is 34.2 Å². The summed E-state index contributed by atoms with van der Waals surface area (Å²) in [5.41, 5.74) is 3.39. The van der Waals surface area contributed by atoms with E-state index in [1.807, 2.05) is 36.4 Å². The smallest absolute Gasteiger partial charge is 0.344 e. The van der Waals surface area contributed by atoms with Gasteiger partial charge in [0.25, 0.3) is 0 Å². The third-order valence-electron chi connectivity index (χ3n) is 10.6. The zero-order valence-electron chi connectivity index (χ0n) is 34.3. The molecule has 0 spiro atoms. The van der Waals surface area contributed by atoms with Crippen LogP contribution in [0.4, 0.5) is 17.1 Å². The molecule has 3 unspecified atom stereocenters. The van der Waals surface area contributed by atoms with Crippen LogP contribution in [-0.2, 0) is 26.5 Å². The van der Waals surface area contributed by atoms with E-state index < -0.39 is 29.6 Å². The summed E-state index contributed by atoms with van der Waals surface area (Å²) < 4.78 is 36.2. The molecule has 3 N–H and O–H groups in total. The first-order valence-corrected chi connectivity index (χ1v) is 20.4. The fourth-order valence-corrected chi connectivity index (χ4v) is 7.73. The summed E-state index contributed by atoms with van der Waals surface area (Å²) in [7, 11) is 1.58. The quantitative estimate of drug-likeness (QED) is 0.0564. The molecule has 2 aromatic carbocycles.